The SMILES string of the molecule is COc1ccc(C(=O)c2c(C=O)ccc(C)c2O)c(N)c1. The molecule has 0 saturated carbocycles. The molecular formula is C16H15NO4. The summed E-state index contributed by atoms with van der Waals surface area (Å²) >= 11 is 0. The van der Waals surface area contributed by atoms with Crippen molar-refractivity contribution in [2.75, 3.05) is 12.8 Å². The van der Waals surface area contributed by atoms with Gasteiger partial charge in [0.1, 0.15) is 11.5 Å². The number of benzene rings is 2. The minimum atomic E-state index is -0.501. The first-order valence-corrected chi connectivity index (χ1v) is 6.25. The van der Waals surface area contributed by atoms with Crippen LogP contribution in [-0.2, 0) is 0 Å². The fraction of sp³-hybridized carbons (Fsp3) is 0.125. The normalized spacial score (nSPS) is 10.2. The largest absolute Gasteiger partial charge is 0.507 e. The number of aryl methyl sites for hydroxylation is 1. The number of methoxy groups -OCH3 is 1. The average molecular weight is 285 g/mol. The first kappa shape index (κ1) is 14.6. The van der Waals surface area contributed by atoms with Crippen LogP contribution in [0.1, 0.15) is 31.8 Å². The number of ketones is 1. The van der Waals surface area contributed by atoms with Gasteiger partial charge in [-0.05, 0) is 24.6 Å². The molecule has 0 heterocycles. The highest BCUT2D eigenvalue weighted by Gasteiger charge is 2.21. The quantitative estimate of drug-likeness (QED) is 0.511. The van der Waals surface area contributed by atoms with Gasteiger partial charge in [-0.15, -0.1) is 0 Å². The monoisotopic (exact) mass is 285 g/mol. The molecule has 3 N–H and O–H groups in total. The van der Waals surface area contributed by atoms with Gasteiger partial charge in [0.2, 0.25) is 0 Å². The highest BCUT2D eigenvalue weighted by molar-refractivity contribution is 6.17. The van der Waals surface area contributed by atoms with Gasteiger partial charge in [0.05, 0.1) is 12.7 Å². The van der Waals surface area contributed by atoms with Gasteiger partial charge >= 0.3 is 0 Å². The number of carbonyl (C=O) groups is 2. The summed E-state index contributed by atoms with van der Waals surface area (Å²) in [6, 6.07) is 7.69. The summed E-state index contributed by atoms with van der Waals surface area (Å²) in [4.78, 5) is 23.7. The van der Waals surface area contributed by atoms with Crippen LogP contribution in [0.25, 0.3) is 0 Å². The van der Waals surface area contributed by atoms with Crippen molar-refractivity contribution in [3.8, 4) is 11.5 Å². The van der Waals surface area contributed by atoms with Gasteiger partial charge in [-0.3, -0.25) is 9.59 Å². The minimum Gasteiger partial charge on any atom is -0.507 e. The number of aldehydes is 1. The highest BCUT2D eigenvalue weighted by atomic mass is 16.5. The molecule has 0 saturated heterocycles. The number of hydrogen-bond acceptors (Lipinski definition) is 5. The standard InChI is InChI=1S/C16H15NO4/c1-9-3-4-10(8-18)14(15(9)19)16(20)12-6-5-11(21-2)7-13(12)17/h3-8,19H,17H2,1-2H3. The van der Waals surface area contributed by atoms with E-state index >= 15 is 0 Å². The van der Waals surface area contributed by atoms with Gasteiger partial charge in [-0.1, -0.05) is 12.1 Å². The number of carbonyl (C=O) groups excluding carboxylic acids is 2. The molecule has 0 atom stereocenters. The maximum absolute atomic E-state index is 12.6. The smallest absolute Gasteiger partial charge is 0.199 e. The molecule has 0 fully saturated rings. The molecule has 0 bridgehead atoms. The highest BCUT2D eigenvalue weighted by Crippen LogP contribution is 2.30. The van der Waals surface area contributed by atoms with E-state index in [4.69, 9.17) is 10.5 Å². The number of ether oxygens (including phenoxy) is 1. The summed E-state index contributed by atoms with van der Waals surface area (Å²) < 4.78 is 5.03. The lowest BCUT2D eigenvalue weighted by molar-refractivity contribution is 0.102. The summed E-state index contributed by atoms with van der Waals surface area (Å²) in [5.74, 6) is -0.189. The summed E-state index contributed by atoms with van der Waals surface area (Å²) in [7, 11) is 1.49. The Bertz CT molecular complexity index is 722. The zero-order valence-electron chi connectivity index (χ0n) is 11.7. The number of anilines is 1. The van der Waals surface area contributed by atoms with Crippen molar-refractivity contribution in [1.82, 2.24) is 0 Å². The van der Waals surface area contributed by atoms with Crippen molar-refractivity contribution in [2.24, 2.45) is 0 Å². The van der Waals surface area contributed by atoms with E-state index in [0.717, 1.165) is 0 Å². The van der Waals surface area contributed by atoms with Crippen molar-refractivity contribution < 1.29 is 19.4 Å². The Morgan fingerprint density at radius 2 is 2.00 bits per heavy atom. The predicted octanol–water partition coefficient (Wildman–Crippen LogP) is 2.33. The van der Waals surface area contributed by atoms with Gasteiger partial charge in [-0.2, -0.15) is 0 Å². The zero-order chi connectivity index (χ0) is 15.6. The summed E-state index contributed by atoms with van der Waals surface area (Å²) in [6.07, 6.45) is 0.534. The van der Waals surface area contributed by atoms with Gasteiger partial charge in [0, 0.05) is 22.9 Å². The Morgan fingerprint density at radius 1 is 1.29 bits per heavy atom. The number of aromatic hydroxyl groups is 1. The van der Waals surface area contributed by atoms with E-state index in [2.05, 4.69) is 0 Å². The number of phenolic OH excluding ortho intramolecular Hbond substituents is 1. The van der Waals surface area contributed by atoms with Crippen LogP contribution in [0.2, 0.25) is 0 Å². The summed E-state index contributed by atoms with van der Waals surface area (Å²) in [6.45, 7) is 1.65. The fourth-order valence-electron chi connectivity index (χ4n) is 2.06. The van der Waals surface area contributed by atoms with Crippen LogP contribution in [0.3, 0.4) is 0 Å². The molecule has 2 aromatic rings. The zero-order valence-corrected chi connectivity index (χ0v) is 11.7. The van der Waals surface area contributed by atoms with E-state index < -0.39 is 5.78 Å². The molecule has 0 aliphatic heterocycles. The number of hydrogen-bond donors (Lipinski definition) is 2. The topological polar surface area (TPSA) is 89.6 Å². The molecule has 0 unspecified atom stereocenters. The van der Waals surface area contributed by atoms with Crippen molar-refractivity contribution in [3.05, 3.63) is 52.6 Å². The predicted molar refractivity (Wildman–Crippen MR) is 79.1 cm³/mol. The molecule has 108 valence electrons. The van der Waals surface area contributed by atoms with Crippen LogP contribution >= 0.6 is 0 Å². The second kappa shape index (κ2) is 5.66. The molecule has 5 nitrogen and oxygen atoms in total. The van der Waals surface area contributed by atoms with Crippen LogP contribution in [0.15, 0.2) is 30.3 Å². The van der Waals surface area contributed by atoms with E-state index in [9.17, 15) is 14.7 Å². The minimum absolute atomic E-state index is 0.0399. The van der Waals surface area contributed by atoms with Crippen LogP contribution in [-0.4, -0.2) is 24.3 Å². The van der Waals surface area contributed by atoms with E-state index in [0.29, 0.717) is 17.6 Å². The third-order valence-electron chi connectivity index (χ3n) is 3.27. The van der Waals surface area contributed by atoms with E-state index in [1.807, 2.05) is 0 Å². The Kier molecular flexibility index (Phi) is 3.93. The number of nitrogens with two attached hydrogens (primary N) is 1. The van der Waals surface area contributed by atoms with Crippen LogP contribution < -0.4 is 10.5 Å². The molecule has 0 aliphatic rings. The fourth-order valence-corrected chi connectivity index (χ4v) is 2.06. The Hall–Kier alpha value is -2.82. The van der Waals surface area contributed by atoms with Gasteiger partial charge in [-0.25, -0.2) is 0 Å². The first-order valence-electron chi connectivity index (χ1n) is 6.25. The van der Waals surface area contributed by atoms with E-state index in [1.165, 1.54) is 25.3 Å². The van der Waals surface area contributed by atoms with Crippen LogP contribution in [0.4, 0.5) is 5.69 Å². The van der Waals surface area contributed by atoms with Crippen molar-refractivity contribution in [3.63, 3.8) is 0 Å². The molecule has 0 radical (unpaired) electrons. The van der Waals surface area contributed by atoms with Crippen molar-refractivity contribution >= 4 is 17.8 Å². The summed E-state index contributed by atoms with van der Waals surface area (Å²) in [5.41, 5.74) is 6.87. The molecular weight excluding hydrogens is 270 g/mol. The van der Waals surface area contributed by atoms with Crippen molar-refractivity contribution in [2.45, 2.75) is 6.92 Å². The van der Waals surface area contributed by atoms with Crippen molar-refractivity contribution in [1.29, 1.82) is 0 Å². The number of nitrogen functional groups attached to an aromatic ring is 1. The number of rotatable bonds is 4. The lowest BCUT2D eigenvalue weighted by Crippen LogP contribution is -2.09. The van der Waals surface area contributed by atoms with Gasteiger partial charge in [0.25, 0.3) is 0 Å². The molecule has 5 heteroatoms. The third-order valence-corrected chi connectivity index (χ3v) is 3.27. The maximum atomic E-state index is 12.6. The Labute approximate surface area is 122 Å². The molecule has 2 aromatic carbocycles. The van der Waals surface area contributed by atoms with Gasteiger partial charge in [0.15, 0.2) is 12.1 Å². The Balaban J connectivity index is 2.60. The van der Waals surface area contributed by atoms with Crippen LogP contribution in [0, 0.1) is 6.92 Å². The second-order valence-electron chi connectivity index (χ2n) is 4.60. The summed E-state index contributed by atoms with van der Waals surface area (Å²) in [5, 5.41) is 10.1. The van der Waals surface area contributed by atoms with Crippen LogP contribution in [0.5, 0.6) is 11.5 Å². The first-order chi connectivity index (χ1) is 9.99. The lowest BCUT2D eigenvalue weighted by Gasteiger charge is -2.11. The maximum Gasteiger partial charge on any atom is 0.199 e. The second-order valence-corrected chi connectivity index (χ2v) is 4.60. The average Bonchev–Trinajstić information content (AvgIpc) is 2.49. The molecule has 2 rings (SSSR count). The van der Waals surface area contributed by atoms with E-state index in [1.54, 1.807) is 19.1 Å². The molecule has 0 aliphatic carbocycles. The molecule has 0 aromatic heterocycles. The molecule has 0 spiro atoms. The number of phenols is 1. The van der Waals surface area contributed by atoms with Gasteiger partial charge < -0.3 is 15.6 Å². The molecule has 0 amide bonds. The molecule has 21 heavy (non-hydrogen) atoms. The third kappa shape index (κ3) is 2.58. The van der Waals surface area contributed by atoms with E-state index in [-0.39, 0.29) is 28.1 Å². The lowest BCUT2D eigenvalue weighted by atomic mass is 9.95. The Morgan fingerprint density at radius 3 is 2.57 bits per heavy atom.